The molecule has 6 heteroatoms. The summed E-state index contributed by atoms with van der Waals surface area (Å²) in [6.07, 6.45) is 0.855. The molecule has 0 spiro atoms. The molecule has 6 nitrogen and oxygen atoms in total. The number of nitrogens with one attached hydrogen (secondary N) is 1. The highest BCUT2D eigenvalue weighted by molar-refractivity contribution is 5.89. The molecule has 0 radical (unpaired) electrons. The lowest BCUT2D eigenvalue weighted by Gasteiger charge is -2.58. The van der Waals surface area contributed by atoms with E-state index in [9.17, 15) is 14.7 Å². The molecule has 1 aliphatic rings. The Morgan fingerprint density at radius 3 is 2.52 bits per heavy atom. The van der Waals surface area contributed by atoms with Gasteiger partial charge in [-0.05, 0) is 25.5 Å². The van der Waals surface area contributed by atoms with E-state index in [2.05, 4.69) is 5.32 Å². The summed E-state index contributed by atoms with van der Waals surface area (Å²) in [5, 5.41) is 12.4. The monoisotopic (exact) mass is 349 g/mol. The second kappa shape index (κ2) is 7.87. The molecule has 1 aromatic rings. The predicted octanol–water partition coefficient (Wildman–Crippen LogP) is 2.62. The average Bonchev–Trinajstić information content (AvgIpc) is 2.58. The van der Waals surface area contributed by atoms with E-state index in [1.54, 1.807) is 0 Å². The molecule has 1 aliphatic carbocycles. The quantitative estimate of drug-likeness (QED) is 0.670. The lowest BCUT2D eigenvalue weighted by atomic mass is 9.54. The van der Waals surface area contributed by atoms with Gasteiger partial charge in [-0.1, -0.05) is 32.0 Å². The maximum Gasteiger partial charge on any atom is 0.330 e. The van der Waals surface area contributed by atoms with Gasteiger partial charge in [0.2, 0.25) is 5.91 Å². The van der Waals surface area contributed by atoms with Crippen molar-refractivity contribution in [3.05, 3.63) is 30.3 Å². The van der Waals surface area contributed by atoms with E-state index in [-0.39, 0.29) is 24.9 Å². The molecule has 1 aromatic carbocycles. The van der Waals surface area contributed by atoms with Gasteiger partial charge in [-0.2, -0.15) is 0 Å². The molecule has 25 heavy (non-hydrogen) atoms. The SMILES string of the molecule is CCOC1CC(NC(=O)CCCOc2ccccc2)(C(=O)O)C1(C)C. The summed E-state index contributed by atoms with van der Waals surface area (Å²) in [4.78, 5) is 24.1. The molecular weight excluding hydrogens is 322 g/mol. The Hall–Kier alpha value is -2.08. The minimum absolute atomic E-state index is 0.171. The number of hydrogen-bond donors (Lipinski definition) is 2. The summed E-state index contributed by atoms with van der Waals surface area (Å²) in [7, 11) is 0. The van der Waals surface area contributed by atoms with Gasteiger partial charge in [-0.3, -0.25) is 4.79 Å². The van der Waals surface area contributed by atoms with Crippen molar-refractivity contribution in [1.82, 2.24) is 5.32 Å². The number of amides is 1. The summed E-state index contributed by atoms with van der Waals surface area (Å²) in [6.45, 7) is 6.45. The van der Waals surface area contributed by atoms with Gasteiger partial charge in [-0.15, -0.1) is 0 Å². The van der Waals surface area contributed by atoms with E-state index in [0.717, 1.165) is 5.75 Å². The number of carboxylic acid groups (broad SMARTS) is 1. The van der Waals surface area contributed by atoms with Crippen molar-refractivity contribution in [3.63, 3.8) is 0 Å². The Labute approximate surface area is 148 Å². The largest absolute Gasteiger partial charge is 0.494 e. The highest BCUT2D eigenvalue weighted by Gasteiger charge is 2.66. The summed E-state index contributed by atoms with van der Waals surface area (Å²) in [5.74, 6) is -0.533. The number of hydrogen-bond acceptors (Lipinski definition) is 4. The number of benzene rings is 1. The summed E-state index contributed by atoms with van der Waals surface area (Å²) in [6, 6.07) is 9.37. The molecule has 0 aliphatic heterocycles. The third-order valence-electron chi connectivity index (χ3n) is 5.04. The summed E-state index contributed by atoms with van der Waals surface area (Å²) in [5.41, 5.74) is -1.94. The fraction of sp³-hybridized carbons (Fsp3) is 0.579. The van der Waals surface area contributed by atoms with Gasteiger partial charge in [0.15, 0.2) is 0 Å². The third kappa shape index (κ3) is 3.95. The summed E-state index contributed by atoms with van der Waals surface area (Å²) >= 11 is 0. The topological polar surface area (TPSA) is 84.9 Å². The Bertz CT molecular complexity index is 601. The van der Waals surface area contributed by atoms with Gasteiger partial charge in [0.25, 0.3) is 0 Å². The first-order chi connectivity index (χ1) is 11.8. The standard InChI is InChI=1S/C19H27NO5/c1-4-24-15-13-19(17(22)23,18(15,2)3)20-16(21)11-8-12-25-14-9-6-5-7-10-14/h5-7,9-10,15H,4,8,11-13H2,1-3H3,(H,20,21)(H,22,23). The van der Waals surface area contributed by atoms with Crippen LogP contribution in [0, 0.1) is 5.41 Å². The molecule has 2 N–H and O–H groups in total. The molecule has 1 fully saturated rings. The number of carbonyl (C=O) groups excluding carboxylic acids is 1. The van der Waals surface area contributed by atoms with E-state index in [0.29, 0.717) is 19.6 Å². The second-order valence-electron chi connectivity index (χ2n) is 6.89. The normalized spacial score (nSPS) is 24.2. The van der Waals surface area contributed by atoms with Crippen LogP contribution in [0.3, 0.4) is 0 Å². The lowest BCUT2D eigenvalue weighted by molar-refractivity contribution is -0.194. The van der Waals surface area contributed by atoms with Crippen molar-refractivity contribution in [2.24, 2.45) is 5.41 Å². The predicted molar refractivity (Wildman–Crippen MR) is 93.5 cm³/mol. The van der Waals surface area contributed by atoms with E-state index in [1.165, 1.54) is 0 Å². The molecule has 0 aromatic heterocycles. The van der Waals surface area contributed by atoms with E-state index >= 15 is 0 Å². The maximum absolute atomic E-state index is 12.2. The Balaban J connectivity index is 1.84. The first-order valence-corrected chi connectivity index (χ1v) is 8.67. The van der Waals surface area contributed by atoms with Crippen LogP contribution in [0.15, 0.2) is 30.3 Å². The van der Waals surface area contributed by atoms with Crippen LogP contribution in [-0.4, -0.2) is 41.8 Å². The number of aliphatic carboxylic acids is 1. The van der Waals surface area contributed by atoms with Crippen LogP contribution < -0.4 is 10.1 Å². The zero-order valence-corrected chi connectivity index (χ0v) is 15.1. The van der Waals surface area contributed by atoms with Crippen LogP contribution in [0.5, 0.6) is 5.75 Å². The number of carboxylic acids is 1. The van der Waals surface area contributed by atoms with E-state index in [1.807, 2.05) is 51.1 Å². The van der Waals surface area contributed by atoms with Gasteiger partial charge in [0, 0.05) is 24.9 Å². The zero-order chi connectivity index (χ0) is 18.5. The lowest BCUT2D eigenvalue weighted by Crippen LogP contribution is -2.76. The van der Waals surface area contributed by atoms with Crippen molar-refractivity contribution >= 4 is 11.9 Å². The number of rotatable bonds is 9. The first kappa shape index (κ1) is 19.2. The molecule has 1 amide bonds. The molecule has 0 bridgehead atoms. The molecule has 2 atom stereocenters. The van der Waals surface area contributed by atoms with Crippen molar-refractivity contribution in [2.75, 3.05) is 13.2 Å². The Morgan fingerprint density at radius 1 is 1.28 bits per heavy atom. The smallest absolute Gasteiger partial charge is 0.330 e. The molecule has 0 saturated heterocycles. The minimum Gasteiger partial charge on any atom is -0.494 e. The van der Waals surface area contributed by atoms with Crippen molar-refractivity contribution in [1.29, 1.82) is 0 Å². The van der Waals surface area contributed by atoms with Gasteiger partial charge >= 0.3 is 5.97 Å². The Morgan fingerprint density at radius 2 is 1.96 bits per heavy atom. The van der Waals surface area contributed by atoms with Crippen LogP contribution >= 0.6 is 0 Å². The molecular formula is C19H27NO5. The highest BCUT2D eigenvalue weighted by Crippen LogP contribution is 2.51. The van der Waals surface area contributed by atoms with E-state index in [4.69, 9.17) is 9.47 Å². The fourth-order valence-corrected chi connectivity index (χ4v) is 3.28. The van der Waals surface area contributed by atoms with Gasteiger partial charge in [0.1, 0.15) is 11.3 Å². The number of ether oxygens (including phenoxy) is 2. The van der Waals surface area contributed by atoms with Gasteiger partial charge < -0.3 is 19.9 Å². The Kier molecular flexibility index (Phi) is 6.06. The van der Waals surface area contributed by atoms with Crippen molar-refractivity contribution in [3.8, 4) is 5.75 Å². The fourth-order valence-electron chi connectivity index (χ4n) is 3.28. The third-order valence-corrected chi connectivity index (χ3v) is 5.04. The van der Waals surface area contributed by atoms with Crippen LogP contribution in [0.1, 0.15) is 40.0 Å². The molecule has 0 heterocycles. The molecule has 2 rings (SSSR count). The molecule has 1 saturated carbocycles. The van der Waals surface area contributed by atoms with Gasteiger partial charge in [-0.25, -0.2) is 4.79 Å². The van der Waals surface area contributed by atoms with Gasteiger partial charge in [0.05, 0.1) is 12.7 Å². The zero-order valence-electron chi connectivity index (χ0n) is 15.1. The van der Waals surface area contributed by atoms with Crippen molar-refractivity contribution in [2.45, 2.75) is 51.7 Å². The first-order valence-electron chi connectivity index (χ1n) is 8.67. The number of carbonyl (C=O) groups is 2. The summed E-state index contributed by atoms with van der Waals surface area (Å²) < 4.78 is 11.1. The second-order valence-corrected chi connectivity index (χ2v) is 6.89. The van der Waals surface area contributed by atoms with Crippen LogP contribution in [-0.2, 0) is 14.3 Å². The van der Waals surface area contributed by atoms with E-state index < -0.39 is 16.9 Å². The molecule has 138 valence electrons. The highest BCUT2D eigenvalue weighted by atomic mass is 16.5. The molecule has 2 unspecified atom stereocenters. The van der Waals surface area contributed by atoms with Crippen LogP contribution in [0.2, 0.25) is 0 Å². The number of para-hydroxylation sites is 1. The van der Waals surface area contributed by atoms with Crippen molar-refractivity contribution < 1.29 is 24.2 Å². The maximum atomic E-state index is 12.2. The average molecular weight is 349 g/mol. The van der Waals surface area contributed by atoms with Crippen LogP contribution in [0.25, 0.3) is 0 Å². The van der Waals surface area contributed by atoms with Crippen LogP contribution in [0.4, 0.5) is 0 Å². The minimum atomic E-state index is -1.27.